The molecule has 1 atom stereocenters. The highest BCUT2D eigenvalue weighted by molar-refractivity contribution is 5.52. The standard InChI is InChI=1S/C19H19N/c1-3-8-17(9-4-1)16-18-10-7-14-20(15-13-18)19-11-5-2-6-12-19/h1-9,11-15,18H,10,16H2. The molecule has 0 aliphatic carbocycles. The van der Waals surface area contributed by atoms with Crippen LogP contribution in [0.3, 0.4) is 0 Å². The highest BCUT2D eigenvalue weighted by atomic mass is 15.1. The molecule has 2 aromatic carbocycles. The first kappa shape index (κ1) is 12.7. The van der Waals surface area contributed by atoms with Gasteiger partial charge in [0, 0.05) is 18.1 Å². The van der Waals surface area contributed by atoms with Crippen LogP contribution in [0.4, 0.5) is 5.69 Å². The Balaban J connectivity index is 1.71. The van der Waals surface area contributed by atoms with Crippen molar-refractivity contribution >= 4 is 5.69 Å². The van der Waals surface area contributed by atoms with Crippen molar-refractivity contribution in [3.05, 3.63) is 90.8 Å². The van der Waals surface area contributed by atoms with Crippen molar-refractivity contribution < 1.29 is 0 Å². The van der Waals surface area contributed by atoms with Crippen LogP contribution < -0.4 is 4.90 Å². The molecule has 0 amide bonds. The normalized spacial score (nSPS) is 18.0. The predicted molar refractivity (Wildman–Crippen MR) is 85.5 cm³/mol. The Morgan fingerprint density at radius 2 is 1.55 bits per heavy atom. The summed E-state index contributed by atoms with van der Waals surface area (Å²) in [5, 5.41) is 0. The number of anilines is 1. The summed E-state index contributed by atoms with van der Waals surface area (Å²) < 4.78 is 0. The Morgan fingerprint density at radius 3 is 2.30 bits per heavy atom. The molecule has 1 unspecified atom stereocenters. The van der Waals surface area contributed by atoms with Crippen LogP contribution in [0.2, 0.25) is 0 Å². The minimum Gasteiger partial charge on any atom is -0.325 e. The third-order valence-electron chi connectivity index (χ3n) is 3.62. The smallest absolute Gasteiger partial charge is 0.0449 e. The first-order valence-corrected chi connectivity index (χ1v) is 7.14. The van der Waals surface area contributed by atoms with E-state index in [0.29, 0.717) is 5.92 Å². The second kappa shape index (κ2) is 6.25. The van der Waals surface area contributed by atoms with Crippen LogP contribution in [0.25, 0.3) is 0 Å². The number of allylic oxidation sites excluding steroid dienone is 2. The van der Waals surface area contributed by atoms with E-state index in [2.05, 4.69) is 84.0 Å². The van der Waals surface area contributed by atoms with Crippen molar-refractivity contribution in [3.63, 3.8) is 0 Å². The maximum absolute atomic E-state index is 2.32. The second-order valence-corrected chi connectivity index (χ2v) is 5.15. The van der Waals surface area contributed by atoms with Gasteiger partial charge in [-0.15, -0.1) is 0 Å². The molecule has 0 bridgehead atoms. The number of benzene rings is 2. The summed E-state index contributed by atoms with van der Waals surface area (Å²) in [7, 11) is 0. The van der Waals surface area contributed by atoms with E-state index in [1.165, 1.54) is 11.3 Å². The van der Waals surface area contributed by atoms with Gasteiger partial charge < -0.3 is 4.90 Å². The summed E-state index contributed by atoms with van der Waals surface area (Å²) >= 11 is 0. The summed E-state index contributed by atoms with van der Waals surface area (Å²) in [4.78, 5) is 2.19. The van der Waals surface area contributed by atoms with Gasteiger partial charge in [-0.25, -0.2) is 0 Å². The van der Waals surface area contributed by atoms with Crippen LogP contribution in [-0.4, -0.2) is 0 Å². The maximum atomic E-state index is 2.32. The zero-order valence-electron chi connectivity index (χ0n) is 11.5. The van der Waals surface area contributed by atoms with Crippen molar-refractivity contribution in [2.45, 2.75) is 12.8 Å². The lowest BCUT2D eigenvalue weighted by Crippen LogP contribution is -2.05. The average molecular weight is 261 g/mol. The summed E-state index contributed by atoms with van der Waals surface area (Å²) in [5.41, 5.74) is 2.61. The van der Waals surface area contributed by atoms with Gasteiger partial charge >= 0.3 is 0 Å². The zero-order chi connectivity index (χ0) is 13.6. The van der Waals surface area contributed by atoms with E-state index in [1.54, 1.807) is 0 Å². The number of para-hydroxylation sites is 1. The molecular formula is C19H19N. The van der Waals surface area contributed by atoms with Gasteiger partial charge in [-0.1, -0.05) is 60.7 Å². The molecule has 20 heavy (non-hydrogen) atoms. The van der Waals surface area contributed by atoms with E-state index in [4.69, 9.17) is 0 Å². The van der Waals surface area contributed by atoms with Crippen molar-refractivity contribution in [3.8, 4) is 0 Å². The van der Waals surface area contributed by atoms with E-state index in [0.717, 1.165) is 12.8 Å². The van der Waals surface area contributed by atoms with Gasteiger partial charge in [-0.05, 0) is 36.5 Å². The molecule has 1 aliphatic rings. The molecule has 0 saturated carbocycles. The lowest BCUT2D eigenvalue weighted by atomic mass is 9.96. The Labute approximate surface area is 120 Å². The van der Waals surface area contributed by atoms with Gasteiger partial charge in [-0.2, -0.15) is 0 Å². The fourth-order valence-corrected chi connectivity index (χ4v) is 2.53. The van der Waals surface area contributed by atoms with E-state index in [-0.39, 0.29) is 0 Å². The Bertz CT molecular complexity index is 584. The number of hydrogen-bond acceptors (Lipinski definition) is 1. The lowest BCUT2D eigenvalue weighted by molar-refractivity contribution is 0.661. The lowest BCUT2D eigenvalue weighted by Gasteiger charge is -2.14. The largest absolute Gasteiger partial charge is 0.325 e. The topological polar surface area (TPSA) is 3.24 Å². The van der Waals surface area contributed by atoms with Crippen molar-refractivity contribution in [2.75, 3.05) is 4.90 Å². The molecule has 0 fully saturated rings. The van der Waals surface area contributed by atoms with Crippen LogP contribution in [0.5, 0.6) is 0 Å². The molecule has 1 heteroatoms. The quantitative estimate of drug-likeness (QED) is 0.768. The highest BCUT2D eigenvalue weighted by Gasteiger charge is 2.09. The van der Waals surface area contributed by atoms with Gasteiger partial charge in [0.15, 0.2) is 0 Å². The van der Waals surface area contributed by atoms with Crippen LogP contribution in [-0.2, 0) is 6.42 Å². The Hall–Kier alpha value is -2.28. The summed E-state index contributed by atoms with van der Waals surface area (Å²) in [6.45, 7) is 0. The fourth-order valence-electron chi connectivity index (χ4n) is 2.53. The Kier molecular flexibility index (Phi) is 3.98. The average Bonchev–Trinajstić information content (AvgIpc) is 2.75. The van der Waals surface area contributed by atoms with Crippen LogP contribution in [0.1, 0.15) is 12.0 Å². The molecule has 0 saturated heterocycles. The minimum atomic E-state index is 0.572. The van der Waals surface area contributed by atoms with E-state index >= 15 is 0 Å². The molecule has 0 N–H and O–H groups in total. The van der Waals surface area contributed by atoms with Crippen LogP contribution in [0.15, 0.2) is 85.2 Å². The van der Waals surface area contributed by atoms with Gasteiger partial charge in [0.1, 0.15) is 0 Å². The second-order valence-electron chi connectivity index (χ2n) is 5.15. The molecule has 0 aromatic heterocycles. The molecule has 0 radical (unpaired) electrons. The molecular weight excluding hydrogens is 242 g/mol. The molecule has 0 spiro atoms. The molecule has 1 heterocycles. The molecule has 1 aliphatic heterocycles. The maximum Gasteiger partial charge on any atom is 0.0449 e. The number of rotatable bonds is 3. The summed E-state index contributed by atoms with van der Waals surface area (Å²) in [5.74, 6) is 0.572. The van der Waals surface area contributed by atoms with Gasteiger partial charge in [0.25, 0.3) is 0 Å². The van der Waals surface area contributed by atoms with Gasteiger partial charge in [0.05, 0.1) is 0 Å². The summed E-state index contributed by atoms with van der Waals surface area (Å²) in [6, 6.07) is 21.2. The molecule has 100 valence electrons. The first-order valence-electron chi connectivity index (χ1n) is 7.14. The van der Waals surface area contributed by atoms with Crippen molar-refractivity contribution in [1.29, 1.82) is 0 Å². The number of nitrogens with zero attached hydrogens (tertiary/aromatic N) is 1. The van der Waals surface area contributed by atoms with E-state index < -0.39 is 0 Å². The minimum absolute atomic E-state index is 0.572. The summed E-state index contributed by atoms with van der Waals surface area (Å²) in [6.07, 6.45) is 11.1. The fraction of sp³-hybridized carbons (Fsp3) is 0.158. The monoisotopic (exact) mass is 261 g/mol. The Morgan fingerprint density at radius 1 is 0.850 bits per heavy atom. The SMILES string of the molecule is C1=CN(c2ccccc2)C=CC(Cc2ccccc2)C1. The van der Waals surface area contributed by atoms with Gasteiger partial charge in [0.2, 0.25) is 0 Å². The zero-order valence-corrected chi connectivity index (χ0v) is 11.5. The van der Waals surface area contributed by atoms with Crippen LogP contribution in [0, 0.1) is 5.92 Å². The predicted octanol–water partition coefficient (Wildman–Crippen LogP) is 4.78. The first-order chi connectivity index (χ1) is 9.92. The molecule has 3 rings (SSSR count). The van der Waals surface area contributed by atoms with Gasteiger partial charge in [-0.3, -0.25) is 0 Å². The third-order valence-corrected chi connectivity index (χ3v) is 3.62. The number of hydrogen-bond donors (Lipinski definition) is 0. The third kappa shape index (κ3) is 3.18. The van der Waals surface area contributed by atoms with E-state index in [9.17, 15) is 0 Å². The van der Waals surface area contributed by atoms with E-state index in [1.807, 2.05) is 6.07 Å². The van der Waals surface area contributed by atoms with Crippen LogP contribution >= 0.6 is 0 Å². The van der Waals surface area contributed by atoms with Crippen molar-refractivity contribution in [2.24, 2.45) is 5.92 Å². The molecule has 2 aromatic rings. The highest BCUT2D eigenvalue weighted by Crippen LogP contribution is 2.21. The van der Waals surface area contributed by atoms with Crippen molar-refractivity contribution in [1.82, 2.24) is 0 Å². The molecule has 1 nitrogen and oxygen atoms in total.